The largest absolute Gasteiger partial charge is 0.253 e. The van der Waals surface area contributed by atoms with Gasteiger partial charge < -0.3 is 0 Å². The monoisotopic (exact) mass is 185 g/mol. The van der Waals surface area contributed by atoms with Crippen LogP contribution in [0.2, 0.25) is 0 Å². The van der Waals surface area contributed by atoms with E-state index in [0.29, 0.717) is 0 Å². The Morgan fingerprint density at radius 2 is 2.00 bits per heavy atom. The van der Waals surface area contributed by atoms with E-state index in [1.807, 2.05) is 6.92 Å². The first kappa shape index (κ1) is 9.20. The fourth-order valence-electron chi connectivity index (χ4n) is 1.81. The van der Waals surface area contributed by atoms with E-state index >= 15 is 0 Å². The van der Waals surface area contributed by atoms with Crippen LogP contribution in [0.15, 0.2) is 30.3 Å². The van der Waals surface area contributed by atoms with Crippen molar-refractivity contribution in [1.82, 2.24) is 4.98 Å². The standard InChI is InChI=1S/C13H15N/c1-3-5-11-6-4-7-13-12(11)9-8-10(2)14-13/h4,6-9H,3,5H2,1-2H3. The minimum Gasteiger partial charge on any atom is -0.253 e. The summed E-state index contributed by atoms with van der Waals surface area (Å²) in [6, 6.07) is 10.6. The number of pyridine rings is 1. The van der Waals surface area contributed by atoms with Gasteiger partial charge in [-0.2, -0.15) is 0 Å². The Morgan fingerprint density at radius 1 is 1.14 bits per heavy atom. The maximum absolute atomic E-state index is 4.52. The van der Waals surface area contributed by atoms with Crippen molar-refractivity contribution < 1.29 is 0 Å². The average molecular weight is 185 g/mol. The van der Waals surface area contributed by atoms with Crippen LogP contribution in [-0.4, -0.2) is 4.98 Å². The zero-order valence-electron chi connectivity index (χ0n) is 8.75. The molecule has 1 heterocycles. The molecule has 72 valence electrons. The van der Waals surface area contributed by atoms with Crippen molar-refractivity contribution in [1.29, 1.82) is 0 Å². The number of rotatable bonds is 2. The lowest BCUT2D eigenvalue weighted by atomic mass is 10.0. The number of fused-ring (bicyclic) bond motifs is 1. The van der Waals surface area contributed by atoms with Gasteiger partial charge in [0, 0.05) is 11.1 Å². The predicted octanol–water partition coefficient (Wildman–Crippen LogP) is 3.50. The van der Waals surface area contributed by atoms with E-state index in [-0.39, 0.29) is 0 Å². The summed E-state index contributed by atoms with van der Waals surface area (Å²) < 4.78 is 0. The molecule has 0 unspecified atom stereocenters. The van der Waals surface area contributed by atoms with E-state index < -0.39 is 0 Å². The van der Waals surface area contributed by atoms with E-state index in [0.717, 1.165) is 17.6 Å². The Bertz CT molecular complexity index is 446. The molecule has 0 amide bonds. The summed E-state index contributed by atoms with van der Waals surface area (Å²) in [6.07, 6.45) is 2.33. The zero-order valence-corrected chi connectivity index (χ0v) is 8.75. The van der Waals surface area contributed by atoms with Gasteiger partial charge in [0.05, 0.1) is 5.52 Å². The van der Waals surface area contributed by atoms with Gasteiger partial charge in [-0.3, -0.25) is 4.98 Å². The summed E-state index contributed by atoms with van der Waals surface area (Å²) in [5, 5.41) is 1.31. The van der Waals surface area contributed by atoms with Crippen LogP contribution in [0.4, 0.5) is 0 Å². The summed E-state index contributed by atoms with van der Waals surface area (Å²) in [7, 11) is 0. The molecular weight excluding hydrogens is 170 g/mol. The maximum Gasteiger partial charge on any atom is 0.0707 e. The van der Waals surface area contributed by atoms with Crippen LogP contribution in [0.3, 0.4) is 0 Å². The van der Waals surface area contributed by atoms with Gasteiger partial charge in [-0.15, -0.1) is 0 Å². The van der Waals surface area contributed by atoms with Gasteiger partial charge >= 0.3 is 0 Å². The van der Waals surface area contributed by atoms with E-state index in [1.54, 1.807) is 0 Å². The predicted molar refractivity (Wildman–Crippen MR) is 60.5 cm³/mol. The molecule has 0 saturated heterocycles. The summed E-state index contributed by atoms with van der Waals surface area (Å²) in [4.78, 5) is 4.52. The van der Waals surface area contributed by atoms with Crippen LogP contribution in [-0.2, 0) is 6.42 Å². The highest BCUT2D eigenvalue weighted by atomic mass is 14.7. The van der Waals surface area contributed by atoms with Gasteiger partial charge in [0.15, 0.2) is 0 Å². The molecule has 0 N–H and O–H groups in total. The van der Waals surface area contributed by atoms with Crippen LogP contribution in [0.5, 0.6) is 0 Å². The fraction of sp³-hybridized carbons (Fsp3) is 0.308. The Balaban J connectivity index is 2.62. The van der Waals surface area contributed by atoms with Crippen molar-refractivity contribution in [2.24, 2.45) is 0 Å². The van der Waals surface area contributed by atoms with Crippen LogP contribution in [0, 0.1) is 6.92 Å². The Hall–Kier alpha value is -1.37. The van der Waals surface area contributed by atoms with E-state index in [1.165, 1.54) is 17.4 Å². The third-order valence-electron chi connectivity index (χ3n) is 2.48. The highest BCUT2D eigenvalue weighted by Gasteiger charge is 2.00. The number of aromatic nitrogens is 1. The molecule has 0 atom stereocenters. The molecule has 0 bridgehead atoms. The summed E-state index contributed by atoms with van der Waals surface area (Å²) in [6.45, 7) is 4.24. The maximum atomic E-state index is 4.52. The molecule has 0 radical (unpaired) electrons. The first-order valence-electron chi connectivity index (χ1n) is 5.16. The van der Waals surface area contributed by atoms with E-state index in [9.17, 15) is 0 Å². The molecule has 1 aromatic carbocycles. The van der Waals surface area contributed by atoms with Crippen LogP contribution < -0.4 is 0 Å². The molecule has 1 nitrogen and oxygen atoms in total. The number of hydrogen-bond donors (Lipinski definition) is 0. The molecule has 0 aliphatic rings. The molecule has 0 aliphatic heterocycles. The van der Waals surface area contributed by atoms with Crippen LogP contribution in [0.1, 0.15) is 24.6 Å². The second-order valence-electron chi connectivity index (χ2n) is 3.69. The average Bonchev–Trinajstić information content (AvgIpc) is 2.18. The number of benzene rings is 1. The second-order valence-corrected chi connectivity index (χ2v) is 3.69. The molecule has 0 fully saturated rings. The minimum atomic E-state index is 1.09. The second kappa shape index (κ2) is 3.79. The molecular formula is C13H15N. The molecule has 0 aliphatic carbocycles. The molecule has 2 rings (SSSR count). The van der Waals surface area contributed by atoms with Crippen LogP contribution >= 0.6 is 0 Å². The van der Waals surface area contributed by atoms with Gasteiger partial charge in [0.25, 0.3) is 0 Å². The molecule has 14 heavy (non-hydrogen) atoms. The third-order valence-corrected chi connectivity index (χ3v) is 2.48. The van der Waals surface area contributed by atoms with Crippen molar-refractivity contribution >= 4 is 10.9 Å². The smallest absolute Gasteiger partial charge is 0.0707 e. The lowest BCUT2D eigenvalue weighted by Gasteiger charge is -2.04. The quantitative estimate of drug-likeness (QED) is 0.697. The fourth-order valence-corrected chi connectivity index (χ4v) is 1.81. The van der Waals surface area contributed by atoms with Gasteiger partial charge in [-0.25, -0.2) is 0 Å². The van der Waals surface area contributed by atoms with Crippen molar-refractivity contribution in [3.63, 3.8) is 0 Å². The molecule has 0 spiro atoms. The van der Waals surface area contributed by atoms with Gasteiger partial charge in [0.2, 0.25) is 0 Å². The number of hydrogen-bond acceptors (Lipinski definition) is 1. The van der Waals surface area contributed by atoms with Crippen molar-refractivity contribution in [2.75, 3.05) is 0 Å². The third kappa shape index (κ3) is 1.63. The molecule has 1 heteroatoms. The Kier molecular flexibility index (Phi) is 2.49. The first-order chi connectivity index (χ1) is 6.81. The highest BCUT2D eigenvalue weighted by molar-refractivity contribution is 5.82. The number of aryl methyl sites for hydroxylation is 2. The lowest BCUT2D eigenvalue weighted by molar-refractivity contribution is 0.929. The first-order valence-corrected chi connectivity index (χ1v) is 5.16. The van der Waals surface area contributed by atoms with Crippen molar-refractivity contribution in [2.45, 2.75) is 26.7 Å². The van der Waals surface area contributed by atoms with Gasteiger partial charge in [-0.05, 0) is 31.0 Å². The van der Waals surface area contributed by atoms with Gasteiger partial charge in [0.1, 0.15) is 0 Å². The zero-order chi connectivity index (χ0) is 9.97. The summed E-state index contributed by atoms with van der Waals surface area (Å²) >= 11 is 0. The topological polar surface area (TPSA) is 12.9 Å². The molecule has 0 saturated carbocycles. The highest BCUT2D eigenvalue weighted by Crippen LogP contribution is 2.18. The Labute approximate surface area is 84.8 Å². The molecule has 2 aromatic rings. The van der Waals surface area contributed by atoms with Gasteiger partial charge in [-0.1, -0.05) is 31.5 Å². The number of nitrogens with zero attached hydrogens (tertiary/aromatic N) is 1. The van der Waals surface area contributed by atoms with E-state index in [2.05, 4.69) is 42.2 Å². The van der Waals surface area contributed by atoms with E-state index in [4.69, 9.17) is 0 Å². The Morgan fingerprint density at radius 3 is 2.79 bits per heavy atom. The SMILES string of the molecule is CCCc1cccc2nc(C)ccc12. The lowest BCUT2D eigenvalue weighted by Crippen LogP contribution is -1.89. The van der Waals surface area contributed by atoms with Crippen molar-refractivity contribution in [3.05, 3.63) is 41.6 Å². The molecule has 1 aromatic heterocycles. The summed E-state index contributed by atoms with van der Waals surface area (Å²) in [5.41, 5.74) is 3.62. The summed E-state index contributed by atoms with van der Waals surface area (Å²) in [5.74, 6) is 0. The van der Waals surface area contributed by atoms with Crippen molar-refractivity contribution in [3.8, 4) is 0 Å². The van der Waals surface area contributed by atoms with Crippen LogP contribution in [0.25, 0.3) is 10.9 Å². The normalized spacial score (nSPS) is 10.7. The minimum absolute atomic E-state index is 1.09.